The van der Waals surface area contributed by atoms with E-state index in [4.69, 9.17) is 35.4 Å². The van der Waals surface area contributed by atoms with Crippen LogP contribution >= 0.6 is 35.4 Å². The van der Waals surface area contributed by atoms with E-state index in [1.165, 1.54) is 5.57 Å². The SMILES string of the molecule is S=C1CC(Cc2c(Cl)cccc2Cl)=CN1. The summed E-state index contributed by atoms with van der Waals surface area (Å²) in [7, 11) is 0. The van der Waals surface area contributed by atoms with Crippen LogP contribution in [-0.4, -0.2) is 4.99 Å². The minimum Gasteiger partial charge on any atom is -0.356 e. The van der Waals surface area contributed by atoms with Crippen LogP contribution in [0.5, 0.6) is 0 Å². The van der Waals surface area contributed by atoms with Gasteiger partial charge in [-0.1, -0.05) is 41.5 Å². The van der Waals surface area contributed by atoms with Crippen molar-refractivity contribution in [3.8, 4) is 0 Å². The first-order valence-corrected chi connectivity index (χ1v) is 5.73. The largest absolute Gasteiger partial charge is 0.356 e. The Bertz CT molecular complexity index is 420. The second kappa shape index (κ2) is 4.52. The maximum absolute atomic E-state index is 6.08. The van der Waals surface area contributed by atoms with Crippen LogP contribution in [0.3, 0.4) is 0 Å². The normalized spacial score (nSPS) is 15.1. The van der Waals surface area contributed by atoms with Gasteiger partial charge in [0.2, 0.25) is 0 Å². The van der Waals surface area contributed by atoms with Crippen molar-refractivity contribution >= 4 is 40.4 Å². The Kier molecular flexibility index (Phi) is 3.29. The lowest BCUT2D eigenvalue weighted by molar-refractivity contribution is 1.11. The smallest absolute Gasteiger partial charge is 0.0834 e. The zero-order valence-corrected chi connectivity index (χ0v) is 10.2. The highest BCUT2D eigenvalue weighted by molar-refractivity contribution is 7.80. The quantitative estimate of drug-likeness (QED) is 0.811. The number of benzene rings is 1. The fraction of sp³-hybridized carbons (Fsp3) is 0.182. The highest BCUT2D eigenvalue weighted by atomic mass is 35.5. The predicted octanol–water partition coefficient (Wildman–Crippen LogP) is 3.74. The van der Waals surface area contributed by atoms with E-state index in [1.54, 1.807) is 0 Å². The Morgan fingerprint density at radius 2 is 1.93 bits per heavy atom. The number of hydrogen-bond acceptors (Lipinski definition) is 1. The van der Waals surface area contributed by atoms with Crippen LogP contribution < -0.4 is 5.32 Å². The molecule has 1 aromatic rings. The Morgan fingerprint density at radius 3 is 2.47 bits per heavy atom. The van der Waals surface area contributed by atoms with Crippen molar-refractivity contribution in [3.63, 3.8) is 0 Å². The number of thiocarbonyl (C=S) groups is 1. The van der Waals surface area contributed by atoms with E-state index < -0.39 is 0 Å². The van der Waals surface area contributed by atoms with E-state index in [2.05, 4.69) is 5.32 Å². The molecule has 0 aromatic heterocycles. The minimum atomic E-state index is 0.709. The second-order valence-electron chi connectivity index (χ2n) is 3.42. The van der Waals surface area contributed by atoms with Crippen LogP contribution in [0.25, 0.3) is 0 Å². The first-order valence-electron chi connectivity index (χ1n) is 4.57. The molecule has 15 heavy (non-hydrogen) atoms. The van der Waals surface area contributed by atoms with Gasteiger partial charge in [0.15, 0.2) is 0 Å². The molecular weight excluding hydrogens is 249 g/mol. The lowest BCUT2D eigenvalue weighted by Crippen LogP contribution is -2.05. The van der Waals surface area contributed by atoms with Crippen molar-refractivity contribution in [3.05, 3.63) is 45.6 Å². The highest BCUT2D eigenvalue weighted by Crippen LogP contribution is 2.28. The zero-order chi connectivity index (χ0) is 10.8. The van der Waals surface area contributed by atoms with E-state index >= 15 is 0 Å². The van der Waals surface area contributed by atoms with Crippen LogP contribution in [0.2, 0.25) is 10.0 Å². The van der Waals surface area contributed by atoms with Gasteiger partial charge in [-0.25, -0.2) is 0 Å². The average molecular weight is 258 g/mol. The van der Waals surface area contributed by atoms with Crippen molar-refractivity contribution in [1.29, 1.82) is 0 Å². The summed E-state index contributed by atoms with van der Waals surface area (Å²) in [6.07, 6.45) is 3.49. The first kappa shape index (κ1) is 10.9. The number of nitrogens with one attached hydrogen (secondary N) is 1. The molecule has 0 saturated carbocycles. The molecule has 0 saturated heterocycles. The van der Waals surface area contributed by atoms with Gasteiger partial charge in [-0.15, -0.1) is 0 Å². The van der Waals surface area contributed by atoms with Crippen LogP contribution in [-0.2, 0) is 6.42 Å². The van der Waals surface area contributed by atoms with Gasteiger partial charge >= 0.3 is 0 Å². The zero-order valence-electron chi connectivity index (χ0n) is 7.89. The Balaban J connectivity index is 2.21. The number of rotatable bonds is 2. The average Bonchev–Trinajstić information content (AvgIpc) is 2.58. The van der Waals surface area contributed by atoms with E-state index in [9.17, 15) is 0 Å². The molecule has 0 spiro atoms. The van der Waals surface area contributed by atoms with Crippen molar-refractivity contribution < 1.29 is 0 Å². The molecule has 0 fully saturated rings. The molecule has 0 atom stereocenters. The summed E-state index contributed by atoms with van der Waals surface area (Å²) in [5.74, 6) is 0. The monoisotopic (exact) mass is 257 g/mol. The number of halogens is 2. The summed E-state index contributed by atoms with van der Waals surface area (Å²) in [6.45, 7) is 0. The van der Waals surface area contributed by atoms with Crippen LogP contribution in [0.4, 0.5) is 0 Å². The molecule has 1 aliphatic rings. The molecular formula is C11H9Cl2NS. The first-order chi connectivity index (χ1) is 7.16. The van der Waals surface area contributed by atoms with Crippen LogP contribution in [0.1, 0.15) is 12.0 Å². The molecule has 1 heterocycles. The fourth-order valence-corrected chi connectivity index (χ4v) is 2.31. The van der Waals surface area contributed by atoms with Gasteiger partial charge in [0.05, 0.1) is 4.99 Å². The van der Waals surface area contributed by atoms with Crippen molar-refractivity contribution in [1.82, 2.24) is 5.32 Å². The standard InChI is InChI=1S/C11H9Cl2NS/c12-9-2-1-3-10(13)8(9)4-7-5-11(15)14-6-7/h1-3,6H,4-5H2,(H,14,15). The van der Waals surface area contributed by atoms with Gasteiger partial charge in [-0.3, -0.25) is 0 Å². The molecule has 78 valence electrons. The third-order valence-corrected chi connectivity index (χ3v) is 3.26. The van der Waals surface area contributed by atoms with Gasteiger partial charge in [0.25, 0.3) is 0 Å². The van der Waals surface area contributed by atoms with Gasteiger partial charge < -0.3 is 5.32 Å². The Labute approximate surface area is 104 Å². The van der Waals surface area contributed by atoms with E-state index in [-0.39, 0.29) is 0 Å². The highest BCUT2D eigenvalue weighted by Gasteiger charge is 2.13. The molecule has 0 aliphatic carbocycles. The molecule has 1 nitrogen and oxygen atoms in total. The predicted molar refractivity (Wildman–Crippen MR) is 68.6 cm³/mol. The molecule has 1 aliphatic heterocycles. The van der Waals surface area contributed by atoms with Crippen LogP contribution in [0.15, 0.2) is 30.0 Å². The summed E-state index contributed by atoms with van der Waals surface area (Å²) < 4.78 is 0. The van der Waals surface area contributed by atoms with Crippen molar-refractivity contribution in [2.75, 3.05) is 0 Å². The third kappa shape index (κ3) is 2.51. The lowest BCUT2D eigenvalue weighted by Gasteiger charge is -2.06. The van der Waals surface area contributed by atoms with E-state index in [1.807, 2.05) is 24.4 Å². The van der Waals surface area contributed by atoms with Crippen LogP contribution in [0, 0.1) is 0 Å². The Morgan fingerprint density at radius 1 is 1.27 bits per heavy atom. The molecule has 4 heteroatoms. The minimum absolute atomic E-state index is 0.709. The fourth-order valence-electron chi connectivity index (χ4n) is 1.53. The molecule has 0 bridgehead atoms. The van der Waals surface area contributed by atoms with Crippen molar-refractivity contribution in [2.45, 2.75) is 12.8 Å². The Hall–Kier alpha value is -0.570. The van der Waals surface area contributed by atoms with E-state index in [0.717, 1.165) is 23.4 Å². The van der Waals surface area contributed by atoms with Gasteiger partial charge in [-0.2, -0.15) is 0 Å². The maximum Gasteiger partial charge on any atom is 0.0834 e. The summed E-state index contributed by atoms with van der Waals surface area (Å²) in [4.78, 5) is 0.855. The molecule has 0 radical (unpaired) electrons. The van der Waals surface area contributed by atoms with Crippen molar-refractivity contribution in [2.24, 2.45) is 0 Å². The topological polar surface area (TPSA) is 12.0 Å². The summed E-state index contributed by atoms with van der Waals surface area (Å²) in [5.41, 5.74) is 2.19. The van der Waals surface area contributed by atoms with Gasteiger partial charge in [0.1, 0.15) is 0 Å². The number of hydrogen-bond donors (Lipinski definition) is 1. The molecule has 2 rings (SSSR count). The van der Waals surface area contributed by atoms with Gasteiger partial charge in [0, 0.05) is 22.7 Å². The van der Waals surface area contributed by atoms with Gasteiger partial charge in [-0.05, 0) is 29.7 Å². The molecule has 1 N–H and O–H groups in total. The second-order valence-corrected chi connectivity index (χ2v) is 4.73. The summed E-state index contributed by atoms with van der Waals surface area (Å²) in [5, 5.41) is 4.43. The third-order valence-electron chi connectivity index (χ3n) is 2.29. The molecule has 0 amide bonds. The van der Waals surface area contributed by atoms with E-state index in [0.29, 0.717) is 10.0 Å². The lowest BCUT2D eigenvalue weighted by atomic mass is 10.0. The summed E-state index contributed by atoms with van der Waals surface area (Å²) in [6, 6.07) is 5.55. The molecule has 1 aromatic carbocycles. The molecule has 0 unspecified atom stereocenters. The summed E-state index contributed by atoms with van der Waals surface area (Å²) >= 11 is 17.2. The maximum atomic E-state index is 6.08.